The van der Waals surface area contributed by atoms with Crippen LogP contribution in [0.4, 0.5) is 5.69 Å². The average Bonchev–Trinajstić information content (AvgIpc) is 3.02. The van der Waals surface area contributed by atoms with Gasteiger partial charge in [-0.1, -0.05) is 29.3 Å². The lowest BCUT2D eigenvalue weighted by Crippen LogP contribution is -2.27. The average molecular weight is 311 g/mol. The van der Waals surface area contributed by atoms with Gasteiger partial charge in [0.25, 0.3) is 5.91 Å². The summed E-state index contributed by atoms with van der Waals surface area (Å²) in [6, 6.07) is 4.01. The Hall–Kier alpha value is -1.03. The molecule has 2 rings (SSSR count). The number of carbonyl (C=O) groups excluding carboxylic acids is 1. The van der Waals surface area contributed by atoms with Gasteiger partial charge in [0.05, 0.1) is 0 Å². The lowest BCUT2D eigenvalue weighted by molar-refractivity contribution is 0.0948. The van der Waals surface area contributed by atoms with Gasteiger partial charge in [0, 0.05) is 21.8 Å². The van der Waals surface area contributed by atoms with E-state index in [1.807, 2.05) is 19.1 Å². The van der Waals surface area contributed by atoms with Gasteiger partial charge in [-0.25, -0.2) is 0 Å². The van der Waals surface area contributed by atoms with E-state index in [0.717, 1.165) is 16.5 Å². The molecule has 18 heavy (non-hydrogen) atoms. The summed E-state index contributed by atoms with van der Waals surface area (Å²) in [5, 5.41) is 3.08. The van der Waals surface area contributed by atoms with Crippen LogP contribution >= 0.6 is 15.9 Å². The van der Waals surface area contributed by atoms with E-state index >= 15 is 0 Å². The molecule has 1 aromatic rings. The maximum Gasteiger partial charge on any atom is 0.251 e. The molecule has 0 saturated heterocycles. The molecule has 0 aromatic heterocycles. The third kappa shape index (κ3) is 2.86. The number of benzene rings is 1. The number of nitrogens with two attached hydrogens (primary N) is 1. The number of hydrogen-bond donors (Lipinski definition) is 2. The van der Waals surface area contributed by atoms with Crippen LogP contribution in [-0.4, -0.2) is 11.9 Å². The highest BCUT2D eigenvalue weighted by Crippen LogP contribution is 2.35. The Morgan fingerprint density at radius 1 is 1.56 bits per heavy atom. The van der Waals surface area contributed by atoms with Crippen molar-refractivity contribution in [1.29, 1.82) is 0 Å². The van der Waals surface area contributed by atoms with Crippen molar-refractivity contribution >= 4 is 27.5 Å². The van der Waals surface area contributed by atoms with E-state index in [1.54, 1.807) is 0 Å². The summed E-state index contributed by atoms with van der Waals surface area (Å²) < 4.78 is 0.844. The van der Waals surface area contributed by atoms with Crippen molar-refractivity contribution in [3.05, 3.63) is 27.7 Å². The highest BCUT2D eigenvalue weighted by molar-refractivity contribution is 9.10. The van der Waals surface area contributed by atoms with Gasteiger partial charge in [-0.2, -0.15) is 0 Å². The van der Waals surface area contributed by atoms with Crippen molar-refractivity contribution in [3.63, 3.8) is 0 Å². The van der Waals surface area contributed by atoms with Crippen molar-refractivity contribution in [3.8, 4) is 0 Å². The molecule has 98 valence electrons. The number of rotatable bonds is 4. The molecule has 0 spiro atoms. The number of halogens is 1. The molecule has 1 fully saturated rings. The lowest BCUT2D eigenvalue weighted by Gasteiger charge is -2.10. The van der Waals surface area contributed by atoms with Crippen LogP contribution in [0.1, 0.15) is 42.1 Å². The second-order valence-electron chi connectivity index (χ2n) is 5.03. The van der Waals surface area contributed by atoms with Gasteiger partial charge in [0.2, 0.25) is 0 Å². The molecule has 1 amide bonds. The SMILES string of the molecule is CCCC1CC1NC(=O)c1cc(Br)cc(N)c1C. The minimum atomic E-state index is -0.0101. The molecule has 1 aromatic carbocycles. The van der Waals surface area contributed by atoms with Gasteiger partial charge in [0.1, 0.15) is 0 Å². The van der Waals surface area contributed by atoms with Gasteiger partial charge in [-0.05, 0) is 43.4 Å². The molecule has 1 aliphatic rings. The number of amides is 1. The summed E-state index contributed by atoms with van der Waals surface area (Å²) in [6.07, 6.45) is 3.49. The maximum atomic E-state index is 12.2. The topological polar surface area (TPSA) is 55.1 Å². The van der Waals surface area contributed by atoms with Crippen molar-refractivity contribution in [2.24, 2.45) is 5.92 Å². The van der Waals surface area contributed by atoms with Crippen LogP contribution in [0.5, 0.6) is 0 Å². The van der Waals surface area contributed by atoms with E-state index in [0.29, 0.717) is 23.2 Å². The molecule has 0 bridgehead atoms. The molecule has 2 atom stereocenters. The summed E-state index contributed by atoms with van der Waals surface area (Å²) in [5.41, 5.74) is 8.04. The minimum Gasteiger partial charge on any atom is -0.398 e. The van der Waals surface area contributed by atoms with Crippen molar-refractivity contribution in [2.45, 2.75) is 39.2 Å². The van der Waals surface area contributed by atoms with Crippen molar-refractivity contribution in [1.82, 2.24) is 5.32 Å². The van der Waals surface area contributed by atoms with Gasteiger partial charge >= 0.3 is 0 Å². The van der Waals surface area contributed by atoms with Gasteiger partial charge in [0.15, 0.2) is 0 Å². The number of nitrogen functional groups attached to an aromatic ring is 1. The van der Waals surface area contributed by atoms with Crippen molar-refractivity contribution in [2.75, 3.05) is 5.73 Å². The van der Waals surface area contributed by atoms with E-state index in [9.17, 15) is 4.79 Å². The molecule has 0 heterocycles. The fourth-order valence-corrected chi connectivity index (χ4v) is 2.77. The number of nitrogens with one attached hydrogen (secondary N) is 1. The smallest absolute Gasteiger partial charge is 0.251 e. The first-order valence-corrected chi connectivity index (χ1v) is 7.18. The van der Waals surface area contributed by atoms with Crippen LogP contribution in [0.25, 0.3) is 0 Å². The summed E-state index contributed by atoms with van der Waals surface area (Å²) in [4.78, 5) is 12.2. The van der Waals surface area contributed by atoms with E-state index in [1.165, 1.54) is 12.8 Å². The summed E-state index contributed by atoms with van der Waals surface area (Å²) in [6.45, 7) is 4.06. The van der Waals surface area contributed by atoms with Crippen molar-refractivity contribution < 1.29 is 4.79 Å². The van der Waals surface area contributed by atoms with E-state index in [-0.39, 0.29) is 5.91 Å². The summed E-state index contributed by atoms with van der Waals surface area (Å²) in [5.74, 6) is 0.660. The zero-order valence-electron chi connectivity index (χ0n) is 10.8. The molecule has 1 aliphatic carbocycles. The van der Waals surface area contributed by atoms with E-state index in [4.69, 9.17) is 5.73 Å². The molecular formula is C14H19BrN2O. The third-order valence-electron chi connectivity index (χ3n) is 3.56. The zero-order chi connectivity index (χ0) is 13.3. The minimum absolute atomic E-state index is 0.0101. The van der Waals surface area contributed by atoms with Gasteiger partial charge in [-0.3, -0.25) is 4.79 Å². The van der Waals surface area contributed by atoms with Crippen LogP contribution < -0.4 is 11.1 Å². The Bertz CT molecular complexity index is 473. The summed E-state index contributed by atoms with van der Waals surface area (Å²) in [7, 11) is 0. The highest BCUT2D eigenvalue weighted by Gasteiger charge is 2.37. The van der Waals surface area contributed by atoms with Crippen LogP contribution in [0.3, 0.4) is 0 Å². The Labute approximate surface area is 116 Å². The lowest BCUT2D eigenvalue weighted by atomic mass is 10.1. The second kappa shape index (κ2) is 5.31. The Morgan fingerprint density at radius 3 is 2.94 bits per heavy atom. The maximum absolute atomic E-state index is 12.2. The molecule has 3 nitrogen and oxygen atoms in total. The van der Waals surface area contributed by atoms with Gasteiger partial charge < -0.3 is 11.1 Å². The number of carbonyl (C=O) groups is 1. The molecule has 0 aliphatic heterocycles. The quantitative estimate of drug-likeness (QED) is 0.839. The molecule has 3 N–H and O–H groups in total. The molecular weight excluding hydrogens is 292 g/mol. The predicted octanol–water partition coefficient (Wildman–Crippen LogP) is 3.26. The van der Waals surface area contributed by atoms with Crippen LogP contribution in [0, 0.1) is 12.8 Å². The standard InChI is InChI=1S/C14H19BrN2O/c1-3-4-9-5-13(9)17-14(18)11-6-10(15)7-12(16)8(11)2/h6-7,9,13H,3-5,16H2,1-2H3,(H,17,18). The van der Waals surface area contributed by atoms with E-state index in [2.05, 4.69) is 28.2 Å². The highest BCUT2D eigenvalue weighted by atomic mass is 79.9. The van der Waals surface area contributed by atoms with Crippen LogP contribution in [0.15, 0.2) is 16.6 Å². The second-order valence-corrected chi connectivity index (χ2v) is 5.95. The number of anilines is 1. The molecule has 0 radical (unpaired) electrons. The summed E-state index contributed by atoms with van der Waals surface area (Å²) >= 11 is 3.37. The fraction of sp³-hybridized carbons (Fsp3) is 0.500. The third-order valence-corrected chi connectivity index (χ3v) is 4.01. The van der Waals surface area contributed by atoms with Crippen LogP contribution in [-0.2, 0) is 0 Å². The normalized spacial score (nSPS) is 21.7. The molecule has 1 saturated carbocycles. The number of hydrogen-bond acceptors (Lipinski definition) is 2. The predicted molar refractivity (Wildman–Crippen MR) is 77.6 cm³/mol. The van der Waals surface area contributed by atoms with E-state index < -0.39 is 0 Å². The fourth-order valence-electron chi connectivity index (χ4n) is 2.30. The molecule has 2 unspecified atom stereocenters. The Balaban J connectivity index is 2.06. The first-order valence-electron chi connectivity index (χ1n) is 6.39. The van der Waals surface area contributed by atoms with Gasteiger partial charge in [-0.15, -0.1) is 0 Å². The Kier molecular flexibility index (Phi) is 3.95. The monoisotopic (exact) mass is 310 g/mol. The first kappa shape index (κ1) is 13.4. The van der Waals surface area contributed by atoms with Crippen LogP contribution in [0.2, 0.25) is 0 Å². The first-order chi connectivity index (χ1) is 8.52. The largest absolute Gasteiger partial charge is 0.398 e. The Morgan fingerprint density at radius 2 is 2.28 bits per heavy atom. The zero-order valence-corrected chi connectivity index (χ0v) is 12.4. The molecule has 4 heteroatoms.